The highest BCUT2D eigenvalue weighted by Crippen LogP contribution is 2.29. The van der Waals surface area contributed by atoms with E-state index in [4.69, 9.17) is 4.74 Å². The number of benzene rings is 1. The van der Waals surface area contributed by atoms with E-state index in [0.717, 1.165) is 17.9 Å². The molecule has 1 saturated heterocycles. The van der Waals surface area contributed by atoms with Crippen LogP contribution in [0, 0.1) is 0 Å². The lowest BCUT2D eigenvalue weighted by Gasteiger charge is -2.03. The molecular weight excluding hydrogens is 206 g/mol. The minimum Gasteiger partial charge on any atom is -0.372 e. The molecule has 2 nitrogen and oxygen atoms in total. The summed E-state index contributed by atoms with van der Waals surface area (Å²) in [5, 5.41) is 1.24. The van der Waals surface area contributed by atoms with Crippen molar-refractivity contribution in [3.63, 3.8) is 0 Å². The minimum atomic E-state index is 0.474. The van der Waals surface area contributed by atoms with E-state index in [9.17, 15) is 0 Å². The maximum absolute atomic E-state index is 5.21. The van der Waals surface area contributed by atoms with Crippen molar-refractivity contribution in [1.82, 2.24) is 4.98 Å². The summed E-state index contributed by atoms with van der Waals surface area (Å²) >= 11 is 1.86. The second-order valence-electron chi connectivity index (χ2n) is 3.59. The molecular formula is C12H11NOS. The zero-order valence-corrected chi connectivity index (χ0v) is 9.04. The van der Waals surface area contributed by atoms with Crippen molar-refractivity contribution >= 4 is 22.7 Å². The Morgan fingerprint density at radius 3 is 3.13 bits per heavy atom. The standard InChI is InChI=1S/C12H11NOS/c1-4-11-10(3-2-6-13-11)12(5-1)15-8-9-7-14-9/h1-6,9H,7-8H2/t9-/m1/s1. The van der Waals surface area contributed by atoms with Crippen molar-refractivity contribution in [3.05, 3.63) is 36.5 Å². The van der Waals surface area contributed by atoms with Gasteiger partial charge in [0, 0.05) is 22.2 Å². The van der Waals surface area contributed by atoms with Gasteiger partial charge in [-0.15, -0.1) is 11.8 Å². The highest BCUT2D eigenvalue weighted by molar-refractivity contribution is 7.99. The summed E-state index contributed by atoms with van der Waals surface area (Å²) < 4.78 is 5.21. The summed E-state index contributed by atoms with van der Waals surface area (Å²) in [5.41, 5.74) is 1.07. The summed E-state index contributed by atoms with van der Waals surface area (Å²) in [6, 6.07) is 10.4. The number of ether oxygens (including phenoxy) is 1. The molecule has 76 valence electrons. The molecule has 3 rings (SSSR count). The Labute approximate surface area is 92.7 Å². The first-order chi connectivity index (χ1) is 7.43. The average Bonchev–Trinajstić information content (AvgIpc) is 3.10. The summed E-state index contributed by atoms with van der Waals surface area (Å²) in [7, 11) is 0. The third-order valence-electron chi connectivity index (χ3n) is 2.43. The first-order valence-corrected chi connectivity index (χ1v) is 6.00. The van der Waals surface area contributed by atoms with Gasteiger partial charge >= 0.3 is 0 Å². The van der Waals surface area contributed by atoms with Crippen LogP contribution >= 0.6 is 11.8 Å². The van der Waals surface area contributed by atoms with Crippen molar-refractivity contribution in [2.45, 2.75) is 11.0 Å². The van der Waals surface area contributed by atoms with Crippen LogP contribution in [0.15, 0.2) is 41.4 Å². The third kappa shape index (κ3) is 1.98. The molecule has 0 radical (unpaired) electrons. The second-order valence-corrected chi connectivity index (χ2v) is 4.65. The smallest absolute Gasteiger partial charge is 0.0903 e. The van der Waals surface area contributed by atoms with Crippen LogP contribution in [0.3, 0.4) is 0 Å². The molecule has 1 aromatic carbocycles. The molecule has 2 aromatic rings. The normalized spacial score (nSPS) is 19.3. The molecule has 0 saturated carbocycles. The van der Waals surface area contributed by atoms with Crippen LogP contribution in [-0.4, -0.2) is 23.4 Å². The van der Waals surface area contributed by atoms with E-state index in [1.807, 2.05) is 30.1 Å². The van der Waals surface area contributed by atoms with E-state index in [1.54, 1.807) is 0 Å². The quantitative estimate of drug-likeness (QED) is 0.584. The zero-order valence-electron chi connectivity index (χ0n) is 8.22. The molecule has 0 spiro atoms. The van der Waals surface area contributed by atoms with Gasteiger partial charge in [-0.3, -0.25) is 4.98 Å². The molecule has 0 aliphatic carbocycles. The molecule has 1 aliphatic rings. The summed E-state index contributed by atoms with van der Waals surface area (Å²) in [6.45, 7) is 0.927. The largest absolute Gasteiger partial charge is 0.372 e. The van der Waals surface area contributed by atoms with Crippen LogP contribution in [0.2, 0.25) is 0 Å². The maximum atomic E-state index is 5.21. The molecule has 3 heteroatoms. The van der Waals surface area contributed by atoms with Gasteiger partial charge in [0.15, 0.2) is 0 Å². The topological polar surface area (TPSA) is 25.4 Å². The first-order valence-electron chi connectivity index (χ1n) is 5.01. The van der Waals surface area contributed by atoms with Crippen LogP contribution in [0.25, 0.3) is 10.9 Å². The number of hydrogen-bond acceptors (Lipinski definition) is 3. The van der Waals surface area contributed by atoms with Gasteiger partial charge in [0.2, 0.25) is 0 Å². The Balaban J connectivity index is 1.93. The Morgan fingerprint density at radius 2 is 2.27 bits per heavy atom. The molecule has 2 heterocycles. The molecule has 0 bridgehead atoms. The number of hydrogen-bond donors (Lipinski definition) is 0. The highest BCUT2D eigenvalue weighted by Gasteiger charge is 2.22. The Morgan fingerprint density at radius 1 is 1.33 bits per heavy atom. The Hall–Kier alpha value is -1.06. The third-order valence-corrected chi connectivity index (χ3v) is 3.64. The van der Waals surface area contributed by atoms with Gasteiger partial charge in [0.25, 0.3) is 0 Å². The van der Waals surface area contributed by atoms with Crippen molar-refractivity contribution in [3.8, 4) is 0 Å². The molecule has 1 aromatic heterocycles. The van der Waals surface area contributed by atoms with Crippen LogP contribution in [0.4, 0.5) is 0 Å². The molecule has 0 N–H and O–H groups in total. The van der Waals surface area contributed by atoms with E-state index in [0.29, 0.717) is 6.10 Å². The number of pyridine rings is 1. The van der Waals surface area contributed by atoms with Gasteiger partial charge < -0.3 is 4.74 Å². The average molecular weight is 217 g/mol. The van der Waals surface area contributed by atoms with Crippen molar-refractivity contribution in [2.75, 3.05) is 12.4 Å². The van der Waals surface area contributed by atoms with Crippen LogP contribution in [0.5, 0.6) is 0 Å². The number of rotatable bonds is 3. The first kappa shape index (κ1) is 9.19. The Kier molecular flexibility index (Phi) is 2.35. The number of thioether (sulfide) groups is 1. The summed E-state index contributed by atoms with van der Waals surface area (Å²) in [5.74, 6) is 1.05. The zero-order chi connectivity index (χ0) is 10.1. The number of epoxide rings is 1. The van der Waals surface area contributed by atoms with Crippen LogP contribution in [0.1, 0.15) is 0 Å². The summed E-state index contributed by atoms with van der Waals surface area (Å²) in [4.78, 5) is 5.64. The summed E-state index contributed by atoms with van der Waals surface area (Å²) in [6.07, 6.45) is 2.31. The minimum absolute atomic E-state index is 0.474. The number of nitrogens with zero attached hydrogens (tertiary/aromatic N) is 1. The van der Waals surface area contributed by atoms with Gasteiger partial charge in [-0.2, -0.15) is 0 Å². The molecule has 0 unspecified atom stereocenters. The van der Waals surface area contributed by atoms with Gasteiger partial charge in [-0.1, -0.05) is 12.1 Å². The van der Waals surface area contributed by atoms with Crippen molar-refractivity contribution < 1.29 is 4.74 Å². The fourth-order valence-corrected chi connectivity index (χ4v) is 2.61. The molecule has 15 heavy (non-hydrogen) atoms. The van der Waals surface area contributed by atoms with Crippen LogP contribution < -0.4 is 0 Å². The van der Waals surface area contributed by atoms with Crippen molar-refractivity contribution in [2.24, 2.45) is 0 Å². The van der Waals surface area contributed by atoms with Gasteiger partial charge in [0.05, 0.1) is 18.2 Å². The molecule has 0 amide bonds. The lowest BCUT2D eigenvalue weighted by atomic mass is 10.2. The Bertz CT molecular complexity index is 477. The monoisotopic (exact) mass is 217 g/mol. The predicted octanol–water partition coefficient (Wildman–Crippen LogP) is 2.73. The number of aromatic nitrogens is 1. The maximum Gasteiger partial charge on any atom is 0.0903 e. The fraction of sp³-hybridized carbons (Fsp3) is 0.250. The van der Waals surface area contributed by atoms with Crippen LogP contribution in [-0.2, 0) is 4.74 Å². The van der Waals surface area contributed by atoms with E-state index in [1.165, 1.54) is 10.3 Å². The van der Waals surface area contributed by atoms with E-state index in [-0.39, 0.29) is 0 Å². The van der Waals surface area contributed by atoms with Gasteiger partial charge in [-0.25, -0.2) is 0 Å². The van der Waals surface area contributed by atoms with Crippen molar-refractivity contribution in [1.29, 1.82) is 0 Å². The second kappa shape index (κ2) is 3.83. The SMILES string of the molecule is c1cc(SC[C@H]2CO2)c2cccnc2c1. The molecule has 1 fully saturated rings. The lowest BCUT2D eigenvalue weighted by molar-refractivity contribution is 0.426. The van der Waals surface area contributed by atoms with Gasteiger partial charge in [0.1, 0.15) is 0 Å². The fourth-order valence-electron chi connectivity index (χ4n) is 1.55. The molecule has 1 atom stereocenters. The van der Waals surface area contributed by atoms with E-state index < -0.39 is 0 Å². The van der Waals surface area contributed by atoms with E-state index >= 15 is 0 Å². The molecule has 1 aliphatic heterocycles. The highest BCUT2D eigenvalue weighted by atomic mass is 32.2. The lowest BCUT2D eigenvalue weighted by Crippen LogP contribution is -1.89. The van der Waals surface area contributed by atoms with Gasteiger partial charge in [-0.05, 0) is 18.2 Å². The van der Waals surface area contributed by atoms with E-state index in [2.05, 4.69) is 23.2 Å². The predicted molar refractivity (Wildman–Crippen MR) is 62.2 cm³/mol. The number of fused-ring (bicyclic) bond motifs is 1.